The molecular formula is C16H21F2N3O3. The summed E-state index contributed by atoms with van der Waals surface area (Å²) in [4.78, 5) is 24.2. The number of rotatable bonds is 6. The highest BCUT2D eigenvalue weighted by Crippen LogP contribution is 2.62. The lowest BCUT2D eigenvalue weighted by Crippen LogP contribution is -2.52. The number of carbonyl (C=O) groups excluding carboxylic acids is 2. The van der Waals surface area contributed by atoms with Crippen LogP contribution in [0, 0.1) is 16.7 Å². The van der Waals surface area contributed by atoms with Crippen LogP contribution in [0.1, 0.15) is 51.9 Å². The molecule has 3 aliphatic carbocycles. The quantitative estimate of drug-likeness (QED) is 0.775. The summed E-state index contributed by atoms with van der Waals surface area (Å²) in [6, 6.07) is 0.528. The molecule has 0 aromatic heterocycles. The lowest BCUT2D eigenvalue weighted by Gasteiger charge is -2.26. The van der Waals surface area contributed by atoms with Gasteiger partial charge in [0.2, 0.25) is 11.8 Å². The number of nitriles is 1. The van der Waals surface area contributed by atoms with Gasteiger partial charge in [-0.2, -0.15) is 5.26 Å². The van der Waals surface area contributed by atoms with Gasteiger partial charge in [0.1, 0.15) is 17.7 Å². The van der Waals surface area contributed by atoms with E-state index in [0.29, 0.717) is 19.8 Å². The van der Waals surface area contributed by atoms with E-state index in [4.69, 9.17) is 10.00 Å². The summed E-state index contributed by atoms with van der Waals surface area (Å²) in [5, 5.41) is 13.7. The summed E-state index contributed by atoms with van der Waals surface area (Å²) < 4.78 is 31.9. The van der Waals surface area contributed by atoms with Gasteiger partial charge >= 0.3 is 6.09 Å². The summed E-state index contributed by atoms with van der Waals surface area (Å²) in [5.74, 6) is -3.91. The predicted octanol–water partition coefficient (Wildman–Crippen LogP) is 2.24. The highest BCUT2D eigenvalue weighted by atomic mass is 19.3. The SMILES string of the molecule is CC(F)(F)CC(NC(=O)O[C@H]1CC12CCC2)C(=O)NC1(C#N)CC1. The Kier molecular flexibility index (Phi) is 3.93. The Morgan fingerprint density at radius 3 is 2.46 bits per heavy atom. The lowest BCUT2D eigenvalue weighted by atomic mass is 9.81. The van der Waals surface area contributed by atoms with E-state index < -0.39 is 35.9 Å². The molecule has 1 unspecified atom stereocenters. The van der Waals surface area contributed by atoms with Crippen molar-refractivity contribution in [1.29, 1.82) is 5.26 Å². The van der Waals surface area contributed by atoms with Crippen LogP contribution in [0.4, 0.5) is 13.6 Å². The summed E-state index contributed by atoms with van der Waals surface area (Å²) in [6.45, 7) is 0.682. The minimum Gasteiger partial charge on any atom is -0.446 e. The van der Waals surface area contributed by atoms with E-state index in [1.165, 1.54) is 0 Å². The maximum atomic E-state index is 13.3. The Hall–Kier alpha value is -1.91. The zero-order valence-electron chi connectivity index (χ0n) is 13.5. The number of ether oxygens (including phenoxy) is 1. The molecule has 0 radical (unpaired) electrons. The van der Waals surface area contributed by atoms with Crippen molar-refractivity contribution in [2.24, 2.45) is 5.41 Å². The summed E-state index contributed by atoms with van der Waals surface area (Å²) in [6.07, 6.45) is 3.06. The summed E-state index contributed by atoms with van der Waals surface area (Å²) in [7, 11) is 0. The van der Waals surface area contributed by atoms with Gasteiger partial charge in [-0.15, -0.1) is 0 Å². The molecule has 24 heavy (non-hydrogen) atoms. The van der Waals surface area contributed by atoms with Crippen molar-refractivity contribution in [3.63, 3.8) is 0 Å². The van der Waals surface area contributed by atoms with Gasteiger partial charge in [0.15, 0.2) is 0 Å². The number of alkyl carbamates (subject to hydrolysis) is 1. The van der Waals surface area contributed by atoms with Crippen molar-refractivity contribution in [3.05, 3.63) is 0 Å². The molecule has 3 fully saturated rings. The average molecular weight is 341 g/mol. The van der Waals surface area contributed by atoms with Crippen LogP contribution in [0.25, 0.3) is 0 Å². The monoisotopic (exact) mass is 341 g/mol. The second-order valence-corrected chi connectivity index (χ2v) is 7.47. The second-order valence-electron chi connectivity index (χ2n) is 7.47. The van der Waals surface area contributed by atoms with Crippen molar-refractivity contribution in [2.75, 3.05) is 0 Å². The molecule has 3 saturated carbocycles. The molecule has 8 heteroatoms. The molecule has 0 bridgehead atoms. The first kappa shape index (κ1) is 16.9. The van der Waals surface area contributed by atoms with Crippen LogP contribution >= 0.6 is 0 Å². The Balaban J connectivity index is 1.56. The van der Waals surface area contributed by atoms with E-state index in [1.54, 1.807) is 0 Å². The van der Waals surface area contributed by atoms with Crippen LogP contribution in [0.15, 0.2) is 0 Å². The van der Waals surface area contributed by atoms with Crippen molar-refractivity contribution in [1.82, 2.24) is 10.6 Å². The first-order valence-electron chi connectivity index (χ1n) is 8.25. The zero-order valence-corrected chi connectivity index (χ0v) is 13.5. The highest BCUT2D eigenvalue weighted by Gasteiger charge is 2.60. The van der Waals surface area contributed by atoms with Crippen molar-refractivity contribution < 1.29 is 23.1 Å². The van der Waals surface area contributed by atoms with Crippen LogP contribution in [0.3, 0.4) is 0 Å². The Morgan fingerprint density at radius 1 is 1.38 bits per heavy atom. The molecule has 2 amide bonds. The molecule has 0 heterocycles. The zero-order chi connectivity index (χ0) is 17.6. The molecule has 6 nitrogen and oxygen atoms in total. The van der Waals surface area contributed by atoms with Crippen molar-refractivity contribution in [2.45, 2.75) is 75.5 Å². The van der Waals surface area contributed by atoms with Gasteiger partial charge in [0, 0.05) is 11.8 Å². The molecule has 2 N–H and O–H groups in total. The molecule has 0 aromatic rings. The van der Waals surface area contributed by atoms with Gasteiger partial charge in [0.05, 0.1) is 6.07 Å². The Labute approximate surface area is 138 Å². The fourth-order valence-corrected chi connectivity index (χ4v) is 3.22. The van der Waals surface area contributed by atoms with Gasteiger partial charge in [-0.05, 0) is 39.0 Å². The number of alkyl halides is 2. The van der Waals surface area contributed by atoms with Crippen LogP contribution in [-0.2, 0) is 9.53 Å². The van der Waals surface area contributed by atoms with Gasteiger partial charge in [-0.25, -0.2) is 13.6 Å². The third kappa shape index (κ3) is 3.60. The molecule has 3 rings (SSSR count). The third-order valence-corrected chi connectivity index (χ3v) is 5.21. The summed E-state index contributed by atoms with van der Waals surface area (Å²) >= 11 is 0. The standard InChI is InChI=1S/C16H21F2N3O3/c1-14(17,18)7-10(12(22)21-16(9-19)5-6-16)20-13(23)24-11-8-15(11)3-2-4-15/h10-11H,2-8H2,1H3,(H,20,23)(H,21,22)/t10?,11-/m0/s1. The second kappa shape index (κ2) is 5.57. The van der Waals surface area contributed by atoms with Gasteiger partial charge in [-0.1, -0.05) is 6.42 Å². The molecule has 3 aliphatic rings. The predicted molar refractivity (Wildman–Crippen MR) is 79.1 cm³/mol. The topological polar surface area (TPSA) is 91.2 Å². The van der Waals surface area contributed by atoms with Gasteiger partial charge in [0.25, 0.3) is 0 Å². The molecule has 2 atom stereocenters. The minimum atomic E-state index is -3.13. The smallest absolute Gasteiger partial charge is 0.408 e. The summed E-state index contributed by atoms with van der Waals surface area (Å²) in [5.41, 5.74) is -0.876. The number of carbonyl (C=O) groups is 2. The number of halogens is 2. The van der Waals surface area contributed by atoms with E-state index in [0.717, 1.165) is 25.7 Å². The number of nitrogens with one attached hydrogen (secondary N) is 2. The van der Waals surface area contributed by atoms with Crippen LogP contribution in [0.5, 0.6) is 0 Å². The lowest BCUT2D eigenvalue weighted by molar-refractivity contribution is -0.126. The number of hydrogen-bond donors (Lipinski definition) is 2. The van der Waals surface area contributed by atoms with Gasteiger partial charge in [-0.3, -0.25) is 4.79 Å². The van der Waals surface area contributed by atoms with E-state index in [2.05, 4.69) is 10.6 Å². The highest BCUT2D eigenvalue weighted by molar-refractivity contribution is 5.87. The fraction of sp³-hybridized carbons (Fsp3) is 0.812. The molecule has 0 saturated heterocycles. The Morgan fingerprint density at radius 2 is 2.04 bits per heavy atom. The fourth-order valence-electron chi connectivity index (χ4n) is 3.22. The van der Waals surface area contributed by atoms with E-state index >= 15 is 0 Å². The van der Waals surface area contributed by atoms with Crippen molar-refractivity contribution >= 4 is 12.0 Å². The van der Waals surface area contributed by atoms with Crippen LogP contribution in [0.2, 0.25) is 0 Å². The number of amides is 2. The van der Waals surface area contributed by atoms with Crippen LogP contribution < -0.4 is 10.6 Å². The van der Waals surface area contributed by atoms with Gasteiger partial charge < -0.3 is 15.4 Å². The first-order chi connectivity index (χ1) is 11.2. The average Bonchev–Trinajstić information content (AvgIpc) is 3.31. The molecule has 1 spiro atoms. The maximum Gasteiger partial charge on any atom is 0.408 e. The maximum absolute atomic E-state index is 13.3. The van der Waals surface area contributed by atoms with E-state index in [-0.39, 0.29) is 11.5 Å². The van der Waals surface area contributed by atoms with Crippen LogP contribution in [-0.4, -0.2) is 35.6 Å². The van der Waals surface area contributed by atoms with E-state index in [1.807, 2.05) is 6.07 Å². The number of hydrogen-bond acceptors (Lipinski definition) is 4. The van der Waals surface area contributed by atoms with Crippen molar-refractivity contribution in [3.8, 4) is 6.07 Å². The molecule has 132 valence electrons. The molecule has 0 aliphatic heterocycles. The normalized spacial score (nSPS) is 26.5. The van der Waals surface area contributed by atoms with E-state index in [9.17, 15) is 18.4 Å². The largest absolute Gasteiger partial charge is 0.446 e. The first-order valence-corrected chi connectivity index (χ1v) is 8.25. The minimum absolute atomic E-state index is 0.0999. The Bertz CT molecular complexity index is 588. The third-order valence-electron chi connectivity index (χ3n) is 5.21. The number of nitrogens with zero attached hydrogens (tertiary/aromatic N) is 1. The molecular weight excluding hydrogens is 320 g/mol. The molecule has 0 aromatic carbocycles.